The van der Waals surface area contributed by atoms with Gasteiger partial charge in [-0.3, -0.25) is 4.21 Å². The second kappa shape index (κ2) is 4.51. The Labute approximate surface area is 101 Å². The lowest BCUT2D eigenvalue weighted by molar-refractivity contribution is 0.664. The van der Waals surface area contributed by atoms with E-state index < -0.39 is 10.8 Å². The fourth-order valence-electron chi connectivity index (χ4n) is 1.39. The molecule has 0 aliphatic carbocycles. The predicted molar refractivity (Wildman–Crippen MR) is 70.1 cm³/mol. The highest BCUT2D eigenvalue weighted by atomic mass is 32.2. The monoisotopic (exact) mass is 254 g/mol. The van der Waals surface area contributed by atoms with Crippen molar-refractivity contribution in [2.75, 3.05) is 11.5 Å². The fraction of sp³-hybridized carbons (Fsp3) is 0.364. The number of aromatic nitrogens is 1. The molecule has 16 heavy (non-hydrogen) atoms. The van der Waals surface area contributed by atoms with E-state index in [0.717, 1.165) is 15.9 Å². The predicted octanol–water partition coefficient (Wildman–Crippen LogP) is 2.64. The van der Waals surface area contributed by atoms with Gasteiger partial charge in [0.15, 0.2) is 4.34 Å². The third kappa shape index (κ3) is 2.41. The summed E-state index contributed by atoms with van der Waals surface area (Å²) in [6.07, 6.45) is 0. The minimum Gasteiger partial charge on any atom is -0.399 e. The van der Waals surface area contributed by atoms with Crippen molar-refractivity contribution in [2.24, 2.45) is 5.92 Å². The van der Waals surface area contributed by atoms with Crippen molar-refractivity contribution in [2.45, 2.75) is 18.2 Å². The summed E-state index contributed by atoms with van der Waals surface area (Å²) in [5.74, 6) is 1.08. The van der Waals surface area contributed by atoms with Gasteiger partial charge in [0.25, 0.3) is 0 Å². The molecular formula is C11H14N2OS2. The van der Waals surface area contributed by atoms with Crippen LogP contribution in [-0.4, -0.2) is 14.9 Å². The summed E-state index contributed by atoms with van der Waals surface area (Å²) in [6, 6.07) is 5.57. The van der Waals surface area contributed by atoms with Crippen LogP contribution in [0.4, 0.5) is 5.69 Å². The number of benzene rings is 1. The average Bonchev–Trinajstić information content (AvgIpc) is 2.59. The van der Waals surface area contributed by atoms with Gasteiger partial charge in [0.05, 0.1) is 21.0 Å². The van der Waals surface area contributed by atoms with Crippen LogP contribution in [0.3, 0.4) is 0 Å². The third-order valence-electron chi connectivity index (χ3n) is 2.07. The molecule has 0 spiro atoms. The lowest BCUT2D eigenvalue weighted by Gasteiger charge is -2.00. The van der Waals surface area contributed by atoms with Crippen LogP contribution in [0.15, 0.2) is 22.5 Å². The van der Waals surface area contributed by atoms with Gasteiger partial charge in [0, 0.05) is 11.4 Å². The van der Waals surface area contributed by atoms with Gasteiger partial charge in [-0.15, -0.1) is 11.3 Å². The van der Waals surface area contributed by atoms with Crippen LogP contribution in [-0.2, 0) is 10.8 Å². The molecule has 0 radical (unpaired) electrons. The van der Waals surface area contributed by atoms with Gasteiger partial charge in [0.2, 0.25) is 0 Å². The molecule has 1 aromatic heterocycles. The van der Waals surface area contributed by atoms with Crippen LogP contribution in [0, 0.1) is 5.92 Å². The molecule has 1 heterocycles. The molecule has 86 valence electrons. The number of nitrogens with zero attached hydrogens (tertiary/aromatic N) is 1. The third-order valence-corrected chi connectivity index (χ3v) is 5.14. The van der Waals surface area contributed by atoms with Gasteiger partial charge in [-0.25, -0.2) is 4.98 Å². The Bertz CT molecular complexity index is 534. The van der Waals surface area contributed by atoms with Crippen molar-refractivity contribution in [3.8, 4) is 0 Å². The summed E-state index contributed by atoms with van der Waals surface area (Å²) in [5.41, 5.74) is 7.29. The summed E-state index contributed by atoms with van der Waals surface area (Å²) in [4.78, 5) is 4.37. The number of nitrogen functional groups attached to an aromatic ring is 1. The van der Waals surface area contributed by atoms with E-state index in [1.54, 1.807) is 0 Å². The van der Waals surface area contributed by atoms with Crippen LogP contribution >= 0.6 is 11.3 Å². The van der Waals surface area contributed by atoms with Gasteiger partial charge in [-0.05, 0) is 24.1 Å². The van der Waals surface area contributed by atoms with E-state index >= 15 is 0 Å². The standard InChI is InChI=1S/C11H14N2OS2/c1-7(2)6-16(14)11-13-9-4-3-8(12)5-10(9)15-11/h3-5,7H,6,12H2,1-2H3. The maximum absolute atomic E-state index is 11.9. The first kappa shape index (κ1) is 11.5. The van der Waals surface area contributed by atoms with Crippen LogP contribution in [0.5, 0.6) is 0 Å². The van der Waals surface area contributed by atoms with E-state index in [9.17, 15) is 4.21 Å². The van der Waals surface area contributed by atoms with Gasteiger partial charge >= 0.3 is 0 Å². The van der Waals surface area contributed by atoms with Crippen molar-refractivity contribution in [3.63, 3.8) is 0 Å². The first-order valence-electron chi connectivity index (χ1n) is 5.10. The molecule has 1 atom stereocenters. The molecule has 1 aromatic carbocycles. The zero-order valence-corrected chi connectivity index (χ0v) is 10.9. The summed E-state index contributed by atoms with van der Waals surface area (Å²) >= 11 is 1.47. The Kier molecular flexibility index (Phi) is 3.25. The van der Waals surface area contributed by atoms with E-state index in [1.165, 1.54) is 11.3 Å². The summed E-state index contributed by atoms with van der Waals surface area (Å²) in [7, 11) is -0.986. The SMILES string of the molecule is CC(C)CS(=O)c1nc2ccc(N)cc2s1. The maximum Gasteiger partial charge on any atom is 0.181 e. The number of rotatable bonds is 3. The van der Waals surface area contributed by atoms with Crippen LogP contribution in [0.25, 0.3) is 10.2 Å². The fourth-order valence-corrected chi connectivity index (χ4v) is 3.93. The van der Waals surface area contributed by atoms with E-state index in [1.807, 2.05) is 18.2 Å². The van der Waals surface area contributed by atoms with Crippen LogP contribution in [0.1, 0.15) is 13.8 Å². The Hall–Kier alpha value is -0.940. The van der Waals surface area contributed by atoms with Crippen molar-refractivity contribution < 1.29 is 4.21 Å². The van der Waals surface area contributed by atoms with E-state index in [4.69, 9.17) is 5.73 Å². The number of anilines is 1. The maximum atomic E-state index is 11.9. The Morgan fingerprint density at radius 2 is 2.25 bits per heavy atom. The van der Waals surface area contributed by atoms with Gasteiger partial charge < -0.3 is 5.73 Å². The minimum absolute atomic E-state index is 0.415. The van der Waals surface area contributed by atoms with Crippen LogP contribution < -0.4 is 5.73 Å². The molecular weight excluding hydrogens is 240 g/mol. The average molecular weight is 254 g/mol. The Balaban J connectivity index is 2.36. The highest BCUT2D eigenvalue weighted by molar-refractivity contribution is 7.87. The van der Waals surface area contributed by atoms with E-state index in [2.05, 4.69) is 18.8 Å². The van der Waals surface area contributed by atoms with Crippen molar-refractivity contribution in [3.05, 3.63) is 18.2 Å². The van der Waals surface area contributed by atoms with Crippen molar-refractivity contribution in [1.29, 1.82) is 0 Å². The lowest BCUT2D eigenvalue weighted by Crippen LogP contribution is -2.03. The first-order chi connectivity index (χ1) is 7.56. The van der Waals surface area contributed by atoms with Gasteiger partial charge in [-0.1, -0.05) is 13.8 Å². The van der Waals surface area contributed by atoms with Gasteiger partial charge in [-0.2, -0.15) is 0 Å². The molecule has 2 rings (SSSR count). The molecule has 0 saturated heterocycles. The van der Waals surface area contributed by atoms with Crippen LogP contribution in [0.2, 0.25) is 0 Å². The Morgan fingerprint density at radius 1 is 1.50 bits per heavy atom. The number of hydrogen-bond acceptors (Lipinski definition) is 4. The highest BCUT2D eigenvalue weighted by Crippen LogP contribution is 2.26. The second-order valence-electron chi connectivity index (χ2n) is 4.11. The van der Waals surface area contributed by atoms with Gasteiger partial charge in [0.1, 0.15) is 0 Å². The minimum atomic E-state index is -0.986. The molecule has 0 bridgehead atoms. The van der Waals surface area contributed by atoms with E-state index in [0.29, 0.717) is 16.0 Å². The molecule has 3 nitrogen and oxygen atoms in total. The number of thiazole rings is 1. The highest BCUT2D eigenvalue weighted by Gasteiger charge is 2.12. The molecule has 0 fully saturated rings. The topological polar surface area (TPSA) is 56.0 Å². The lowest BCUT2D eigenvalue weighted by atomic mass is 10.3. The number of hydrogen-bond donors (Lipinski definition) is 1. The second-order valence-corrected chi connectivity index (χ2v) is 6.81. The zero-order chi connectivity index (χ0) is 11.7. The molecule has 2 aromatic rings. The zero-order valence-electron chi connectivity index (χ0n) is 9.27. The Morgan fingerprint density at radius 3 is 2.94 bits per heavy atom. The van der Waals surface area contributed by atoms with Crippen molar-refractivity contribution >= 4 is 38.0 Å². The number of fused-ring (bicyclic) bond motifs is 1. The molecule has 0 aliphatic rings. The smallest absolute Gasteiger partial charge is 0.181 e. The molecule has 0 aliphatic heterocycles. The summed E-state index contributed by atoms with van der Waals surface area (Å²) < 4.78 is 13.6. The molecule has 0 saturated carbocycles. The molecule has 5 heteroatoms. The molecule has 0 amide bonds. The first-order valence-corrected chi connectivity index (χ1v) is 7.24. The summed E-state index contributed by atoms with van der Waals surface area (Å²) in [5, 5.41) is 0. The van der Waals surface area contributed by atoms with E-state index in [-0.39, 0.29) is 0 Å². The number of nitrogens with two attached hydrogens (primary N) is 1. The molecule has 2 N–H and O–H groups in total. The summed E-state index contributed by atoms with van der Waals surface area (Å²) in [6.45, 7) is 4.12. The normalized spacial score (nSPS) is 13.4. The molecule has 1 unspecified atom stereocenters. The quantitative estimate of drug-likeness (QED) is 0.857. The van der Waals surface area contributed by atoms with Crippen molar-refractivity contribution in [1.82, 2.24) is 4.98 Å². The largest absolute Gasteiger partial charge is 0.399 e.